The van der Waals surface area contributed by atoms with Gasteiger partial charge in [-0.2, -0.15) is 0 Å². The largest absolute Gasteiger partial charge is 0.497 e. The molecule has 1 aromatic carbocycles. The fraction of sp³-hybridized carbons (Fsp3) is 0.316. The molecular formula is C19H20N4O5. The summed E-state index contributed by atoms with van der Waals surface area (Å²) in [7, 11) is 3.05. The van der Waals surface area contributed by atoms with E-state index in [1.165, 1.54) is 13.4 Å². The molecule has 9 nitrogen and oxygen atoms in total. The fourth-order valence-electron chi connectivity index (χ4n) is 2.99. The van der Waals surface area contributed by atoms with Gasteiger partial charge in [-0.25, -0.2) is 9.48 Å². The van der Waals surface area contributed by atoms with Crippen molar-refractivity contribution >= 4 is 11.6 Å². The van der Waals surface area contributed by atoms with Gasteiger partial charge in [0.1, 0.15) is 18.0 Å². The van der Waals surface area contributed by atoms with E-state index in [2.05, 4.69) is 10.4 Å². The summed E-state index contributed by atoms with van der Waals surface area (Å²) in [6, 6.07) is 8.63. The lowest BCUT2D eigenvalue weighted by Crippen LogP contribution is -2.30. The average Bonchev–Trinajstić information content (AvgIpc) is 3.28. The minimum atomic E-state index is -0.392. The van der Waals surface area contributed by atoms with E-state index in [9.17, 15) is 9.59 Å². The molecule has 1 amide bonds. The number of hydrogen-bond donors (Lipinski definition) is 1. The van der Waals surface area contributed by atoms with Gasteiger partial charge in [0.15, 0.2) is 5.76 Å². The Bertz CT molecular complexity index is 1050. The lowest BCUT2D eigenvalue weighted by atomic mass is 10.2. The second kappa shape index (κ2) is 7.26. The van der Waals surface area contributed by atoms with Gasteiger partial charge in [0.05, 0.1) is 26.2 Å². The predicted octanol–water partition coefficient (Wildman–Crippen LogP) is 2.30. The van der Waals surface area contributed by atoms with Crippen LogP contribution in [0.3, 0.4) is 0 Å². The Morgan fingerprint density at radius 3 is 2.75 bits per heavy atom. The predicted molar refractivity (Wildman–Crippen MR) is 101 cm³/mol. The molecule has 1 aliphatic carbocycles. The number of methoxy groups -OCH3 is 2. The molecule has 0 spiro atoms. The van der Waals surface area contributed by atoms with E-state index in [0.29, 0.717) is 28.8 Å². The summed E-state index contributed by atoms with van der Waals surface area (Å²) in [5.41, 5.74) is 0.153. The first-order valence-corrected chi connectivity index (χ1v) is 8.86. The lowest BCUT2D eigenvalue weighted by Gasteiger charge is -2.11. The monoisotopic (exact) mass is 384 g/mol. The second-order valence-electron chi connectivity index (χ2n) is 6.46. The Kier molecular flexibility index (Phi) is 4.64. The summed E-state index contributed by atoms with van der Waals surface area (Å²) >= 11 is 0. The standard InChI is InChI=1S/C19H20N4O5/c1-26-13-7-8-14(16(10-13)27-2)20-17(24)11-22-19(25)23(12-5-6-12)18(21-22)15-4-3-9-28-15/h3-4,7-10,12H,5-6,11H2,1-2H3,(H,20,24). The van der Waals surface area contributed by atoms with Gasteiger partial charge in [0, 0.05) is 12.1 Å². The molecule has 146 valence electrons. The van der Waals surface area contributed by atoms with Crippen LogP contribution in [0.5, 0.6) is 11.5 Å². The van der Waals surface area contributed by atoms with Gasteiger partial charge in [-0.15, -0.1) is 5.10 Å². The van der Waals surface area contributed by atoms with E-state index < -0.39 is 5.91 Å². The summed E-state index contributed by atoms with van der Waals surface area (Å²) in [5.74, 6) is 1.61. The third-order valence-corrected chi connectivity index (χ3v) is 4.50. The number of anilines is 1. The highest BCUT2D eigenvalue weighted by molar-refractivity contribution is 5.92. The van der Waals surface area contributed by atoms with Crippen LogP contribution in [0, 0.1) is 0 Å². The number of carbonyl (C=O) groups excluding carboxylic acids is 1. The number of hydrogen-bond acceptors (Lipinski definition) is 6. The molecule has 1 N–H and O–H groups in total. The second-order valence-corrected chi connectivity index (χ2v) is 6.46. The Morgan fingerprint density at radius 1 is 1.29 bits per heavy atom. The van der Waals surface area contributed by atoms with Crippen LogP contribution in [-0.4, -0.2) is 34.5 Å². The average molecular weight is 384 g/mol. The van der Waals surface area contributed by atoms with E-state index in [1.807, 2.05) is 0 Å². The highest BCUT2D eigenvalue weighted by Gasteiger charge is 2.31. The first-order chi connectivity index (χ1) is 13.6. The normalized spacial score (nSPS) is 13.4. The van der Waals surface area contributed by atoms with Crippen molar-refractivity contribution < 1.29 is 18.7 Å². The third-order valence-electron chi connectivity index (χ3n) is 4.50. The molecule has 1 aliphatic rings. The molecule has 0 radical (unpaired) electrons. The van der Waals surface area contributed by atoms with Crippen molar-refractivity contribution in [1.82, 2.24) is 14.3 Å². The van der Waals surface area contributed by atoms with Crippen LogP contribution < -0.4 is 20.5 Å². The molecule has 0 atom stereocenters. The zero-order chi connectivity index (χ0) is 19.7. The van der Waals surface area contributed by atoms with Crippen molar-refractivity contribution in [3.05, 3.63) is 47.1 Å². The van der Waals surface area contributed by atoms with E-state index in [1.54, 1.807) is 42.0 Å². The topological polar surface area (TPSA) is 101 Å². The SMILES string of the molecule is COc1ccc(NC(=O)Cn2nc(-c3ccco3)n(C3CC3)c2=O)c(OC)c1. The zero-order valence-corrected chi connectivity index (χ0v) is 15.5. The quantitative estimate of drug-likeness (QED) is 0.671. The molecular weight excluding hydrogens is 364 g/mol. The van der Waals surface area contributed by atoms with Gasteiger partial charge < -0.3 is 19.2 Å². The van der Waals surface area contributed by atoms with Crippen molar-refractivity contribution in [3.63, 3.8) is 0 Å². The number of nitrogens with one attached hydrogen (secondary N) is 1. The summed E-state index contributed by atoms with van der Waals surface area (Å²) in [6.07, 6.45) is 3.35. The van der Waals surface area contributed by atoms with Gasteiger partial charge in [0.25, 0.3) is 0 Å². The summed E-state index contributed by atoms with van der Waals surface area (Å²) in [4.78, 5) is 25.3. The minimum Gasteiger partial charge on any atom is -0.497 e. The molecule has 0 bridgehead atoms. The maximum Gasteiger partial charge on any atom is 0.347 e. The van der Waals surface area contributed by atoms with E-state index in [4.69, 9.17) is 13.9 Å². The van der Waals surface area contributed by atoms with Gasteiger partial charge in [-0.1, -0.05) is 0 Å². The minimum absolute atomic E-state index is 0.103. The molecule has 2 aromatic heterocycles. The van der Waals surface area contributed by atoms with Crippen molar-refractivity contribution in [2.45, 2.75) is 25.4 Å². The Hall–Kier alpha value is -3.49. The van der Waals surface area contributed by atoms with Crippen LogP contribution in [-0.2, 0) is 11.3 Å². The van der Waals surface area contributed by atoms with Gasteiger partial charge in [-0.05, 0) is 37.1 Å². The van der Waals surface area contributed by atoms with Crippen molar-refractivity contribution in [2.24, 2.45) is 0 Å². The van der Waals surface area contributed by atoms with Crippen LogP contribution >= 0.6 is 0 Å². The van der Waals surface area contributed by atoms with Crippen molar-refractivity contribution in [3.8, 4) is 23.1 Å². The van der Waals surface area contributed by atoms with Crippen LogP contribution in [0.1, 0.15) is 18.9 Å². The van der Waals surface area contributed by atoms with E-state index >= 15 is 0 Å². The molecule has 28 heavy (non-hydrogen) atoms. The smallest absolute Gasteiger partial charge is 0.347 e. The number of carbonyl (C=O) groups is 1. The highest BCUT2D eigenvalue weighted by atomic mass is 16.5. The zero-order valence-electron chi connectivity index (χ0n) is 15.5. The van der Waals surface area contributed by atoms with Crippen LogP contribution in [0.4, 0.5) is 5.69 Å². The number of furan rings is 1. The Morgan fingerprint density at radius 2 is 2.11 bits per heavy atom. The van der Waals surface area contributed by atoms with Crippen molar-refractivity contribution in [1.29, 1.82) is 0 Å². The molecule has 9 heteroatoms. The first kappa shape index (κ1) is 17.9. The molecule has 2 heterocycles. The van der Waals surface area contributed by atoms with Gasteiger partial charge >= 0.3 is 5.69 Å². The molecule has 0 saturated heterocycles. The Balaban J connectivity index is 1.57. The molecule has 1 saturated carbocycles. The number of amides is 1. The lowest BCUT2D eigenvalue weighted by molar-refractivity contribution is -0.117. The third kappa shape index (κ3) is 3.38. The van der Waals surface area contributed by atoms with E-state index in [-0.39, 0.29) is 18.3 Å². The van der Waals surface area contributed by atoms with Gasteiger partial charge in [-0.3, -0.25) is 9.36 Å². The molecule has 0 unspecified atom stereocenters. The van der Waals surface area contributed by atoms with Crippen LogP contribution in [0.2, 0.25) is 0 Å². The summed E-state index contributed by atoms with van der Waals surface area (Å²) < 4.78 is 18.6. The van der Waals surface area contributed by atoms with Crippen LogP contribution in [0.25, 0.3) is 11.6 Å². The van der Waals surface area contributed by atoms with Crippen LogP contribution in [0.15, 0.2) is 45.8 Å². The van der Waals surface area contributed by atoms with Gasteiger partial charge in [0.2, 0.25) is 11.7 Å². The molecule has 1 fully saturated rings. The first-order valence-electron chi connectivity index (χ1n) is 8.86. The summed E-state index contributed by atoms with van der Waals surface area (Å²) in [5, 5.41) is 7.07. The maximum absolute atomic E-state index is 12.8. The maximum atomic E-state index is 12.8. The number of ether oxygens (including phenoxy) is 2. The van der Waals surface area contributed by atoms with E-state index in [0.717, 1.165) is 17.5 Å². The van der Waals surface area contributed by atoms with Crippen molar-refractivity contribution in [2.75, 3.05) is 19.5 Å². The molecule has 3 aromatic rings. The number of rotatable bonds is 7. The number of nitrogens with zero attached hydrogens (tertiary/aromatic N) is 3. The number of aromatic nitrogens is 3. The highest BCUT2D eigenvalue weighted by Crippen LogP contribution is 2.36. The fourth-order valence-corrected chi connectivity index (χ4v) is 2.99. The molecule has 4 rings (SSSR count). The molecule has 0 aliphatic heterocycles. The summed E-state index contributed by atoms with van der Waals surface area (Å²) in [6.45, 7) is -0.221. The Labute approximate surface area is 160 Å². The number of benzene rings is 1.